The number of hydrogen-bond donors (Lipinski definition) is 0. The Morgan fingerprint density at radius 2 is 0.783 bits per heavy atom. The number of hydrogen-bond acceptors (Lipinski definition) is 0. The molecule has 0 amide bonds. The number of halogens is 2. The van der Waals surface area contributed by atoms with Gasteiger partial charge in [0.05, 0.1) is 0 Å². The summed E-state index contributed by atoms with van der Waals surface area (Å²) in [7, 11) is 0. The maximum Gasteiger partial charge on any atom is 4.00 e. The van der Waals surface area contributed by atoms with E-state index in [0.29, 0.717) is 0 Å². The maximum absolute atomic E-state index is 3.44. The van der Waals surface area contributed by atoms with Crippen molar-refractivity contribution in [1.82, 2.24) is 0 Å². The second kappa shape index (κ2) is 9.92. The van der Waals surface area contributed by atoms with Gasteiger partial charge in [0.1, 0.15) is 0 Å². The third-order valence-electron chi connectivity index (χ3n) is 5.12. The van der Waals surface area contributed by atoms with E-state index in [1.165, 1.54) is 33.4 Å². The van der Waals surface area contributed by atoms with Crippen LogP contribution in [0.25, 0.3) is 0 Å². The predicted molar refractivity (Wildman–Crippen MR) is 89.2 cm³/mol. The van der Waals surface area contributed by atoms with E-state index < -0.39 is 0 Å². The van der Waals surface area contributed by atoms with Crippen LogP contribution in [-0.2, 0) is 0 Å². The summed E-state index contributed by atoms with van der Waals surface area (Å²) in [5, 5.41) is 0. The summed E-state index contributed by atoms with van der Waals surface area (Å²) in [6.45, 7) is 21.8. The minimum atomic E-state index is 0. The molecule has 0 N–H and O–H groups in total. The standard InChI is InChI=1S/2C10H15.2ClH.U/c2*1-7-6-10(4,5)9(3)8(7)2;;;/h2*1-5H3;2*1H;/q2*-1;;;+4/p-2. The van der Waals surface area contributed by atoms with Gasteiger partial charge in [-0.05, 0) is 0 Å². The van der Waals surface area contributed by atoms with E-state index in [0.717, 1.165) is 0 Å². The summed E-state index contributed by atoms with van der Waals surface area (Å²) in [5.41, 5.74) is 8.79. The van der Waals surface area contributed by atoms with Crippen LogP contribution in [0.2, 0.25) is 0 Å². The topological polar surface area (TPSA) is 0 Å². The zero-order valence-corrected chi connectivity index (χ0v) is 21.9. The van der Waals surface area contributed by atoms with Gasteiger partial charge < -0.3 is 24.8 Å². The molecule has 0 heterocycles. The van der Waals surface area contributed by atoms with Gasteiger partial charge in [0.25, 0.3) is 0 Å². The molecule has 0 aromatic rings. The van der Waals surface area contributed by atoms with E-state index in [-0.39, 0.29) is 66.8 Å². The van der Waals surface area contributed by atoms with E-state index in [9.17, 15) is 0 Å². The fourth-order valence-corrected chi connectivity index (χ4v) is 2.81. The normalized spacial score (nSPS) is 20.4. The first-order chi connectivity index (χ1) is 8.90. The van der Waals surface area contributed by atoms with Crippen molar-refractivity contribution in [2.45, 2.75) is 69.2 Å². The molecular formula is C20H30Cl2U. The minimum absolute atomic E-state index is 0. The first kappa shape index (κ1) is 28.4. The second-order valence-electron chi connectivity index (χ2n) is 7.25. The Balaban J connectivity index is -0.000000308. The van der Waals surface area contributed by atoms with Crippen molar-refractivity contribution in [2.75, 3.05) is 0 Å². The first-order valence-electron chi connectivity index (χ1n) is 7.50. The third-order valence-corrected chi connectivity index (χ3v) is 5.12. The van der Waals surface area contributed by atoms with Crippen molar-refractivity contribution >= 4 is 0 Å². The average molecular weight is 579 g/mol. The Labute approximate surface area is 180 Å². The minimum Gasteiger partial charge on any atom is -1.00 e. The number of rotatable bonds is 0. The van der Waals surface area contributed by atoms with Crippen molar-refractivity contribution in [3.8, 4) is 0 Å². The van der Waals surface area contributed by atoms with Crippen molar-refractivity contribution in [3.05, 3.63) is 45.6 Å². The van der Waals surface area contributed by atoms with Crippen LogP contribution in [0.15, 0.2) is 33.4 Å². The molecule has 0 nitrogen and oxygen atoms in total. The largest absolute Gasteiger partial charge is 4.00 e. The molecule has 0 saturated heterocycles. The molecule has 128 valence electrons. The van der Waals surface area contributed by atoms with Gasteiger partial charge in [-0.1, -0.05) is 66.2 Å². The summed E-state index contributed by atoms with van der Waals surface area (Å²) < 4.78 is 0. The van der Waals surface area contributed by atoms with Crippen LogP contribution in [0.5, 0.6) is 0 Å². The van der Waals surface area contributed by atoms with E-state index in [1.807, 2.05) is 0 Å². The monoisotopic (exact) mass is 578 g/mol. The van der Waals surface area contributed by atoms with E-state index >= 15 is 0 Å². The fourth-order valence-electron chi connectivity index (χ4n) is 2.81. The molecule has 0 unspecified atom stereocenters. The molecule has 0 spiro atoms. The molecule has 0 aliphatic heterocycles. The van der Waals surface area contributed by atoms with E-state index in [2.05, 4.69) is 81.4 Å². The Bertz CT molecular complexity index is 494. The molecule has 23 heavy (non-hydrogen) atoms. The smallest absolute Gasteiger partial charge is 1.00 e. The van der Waals surface area contributed by atoms with Gasteiger partial charge in [0.2, 0.25) is 0 Å². The van der Waals surface area contributed by atoms with Gasteiger partial charge in [-0.3, -0.25) is 12.2 Å². The van der Waals surface area contributed by atoms with Crippen molar-refractivity contribution in [2.24, 2.45) is 10.8 Å². The SMILES string of the molecule is CC1=[C-]C(C)(C)C(C)=C1C.CC1=[C-]C(C)(C)C(C)=C1C.[Cl-].[Cl-].[U+4]. The quantitative estimate of drug-likeness (QED) is 0.361. The molecule has 0 aromatic carbocycles. The summed E-state index contributed by atoms with van der Waals surface area (Å²) in [6, 6.07) is 0. The summed E-state index contributed by atoms with van der Waals surface area (Å²) >= 11 is 0. The molecule has 0 saturated carbocycles. The van der Waals surface area contributed by atoms with Crippen molar-refractivity contribution < 1.29 is 55.9 Å². The number of allylic oxidation sites excluding steroid dienone is 8. The molecule has 0 atom stereocenters. The fraction of sp³-hybridized carbons (Fsp3) is 0.600. The van der Waals surface area contributed by atoms with Crippen LogP contribution in [0, 0.1) is 54.1 Å². The second-order valence-corrected chi connectivity index (χ2v) is 7.25. The van der Waals surface area contributed by atoms with E-state index in [4.69, 9.17) is 0 Å². The third kappa shape index (κ3) is 6.43. The Hall–Kier alpha value is 0.592. The van der Waals surface area contributed by atoms with Crippen molar-refractivity contribution in [1.29, 1.82) is 0 Å². The van der Waals surface area contributed by atoms with Crippen LogP contribution >= 0.6 is 0 Å². The summed E-state index contributed by atoms with van der Waals surface area (Å²) in [6.07, 6.45) is 6.87. The molecule has 0 fully saturated rings. The molecule has 2 aliphatic carbocycles. The van der Waals surface area contributed by atoms with Crippen LogP contribution in [-0.4, -0.2) is 0 Å². The molecule has 0 aromatic heterocycles. The molecule has 0 radical (unpaired) electrons. The van der Waals surface area contributed by atoms with Gasteiger partial charge in [0, 0.05) is 0 Å². The van der Waals surface area contributed by atoms with Crippen LogP contribution in [0.3, 0.4) is 0 Å². The predicted octanol–water partition coefficient (Wildman–Crippen LogP) is 0.232. The Morgan fingerprint density at radius 3 is 0.826 bits per heavy atom. The van der Waals surface area contributed by atoms with Gasteiger partial charge in [-0.25, -0.2) is 11.1 Å². The van der Waals surface area contributed by atoms with Crippen LogP contribution < -0.4 is 24.8 Å². The van der Waals surface area contributed by atoms with E-state index in [1.54, 1.807) is 0 Å². The van der Waals surface area contributed by atoms with Crippen LogP contribution in [0.4, 0.5) is 0 Å². The Morgan fingerprint density at radius 1 is 0.565 bits per heavy atom. The summed E-state index contributed by atoms with van der Waals surface area (Å²) in [4.78, 5) is 0. The zero-order valence-electron chi connectivity index (χ0n) is 16.3. The molecule has 3 heteroatoms. The summed E-state index contributed by atoms with van der Waals surface area (Å²) in [5.74, 6) is 0. The first-order valence-corrected chi connectivity index (χ1v) is 7.50. The van der Waals surface area contributed by atoms with Gasteiger partial charge in [0.15, 0.2) is 0 Å². The molecule has 2 aliphatic rings. The van der Waals surface area contributed by atoms with Gasteiger partial charge in [-0.15, -0.1) is 13.8 Å². The molecular weight excluding hydrogens is 549 g/mol. The van der Waals surface area contributed by atoms with Crippen LogP contribution in [0.1, 0.15) is 69.2 Å². The average Bonchev–Trinajstić information content (AvgIpc) is 2.60. The maximum atomic E-state index is 3.44. The van der Waals surface area contributed by atoms with Crippen molar-refractivity contribution in [3.63, 3.8) is 0 Å². The Kier molecular flexibility index (Phi) is 12.2. The zero-order chi connectivity index (χ0) is 15.9. The molecule has 0 bridgehead atoms. The van der Waals surface area contributed by atoms with Gasteiger partial charge >= 0.3 is 31.1 Å². The van der Waals surface area contributed by atoms with Gasteiger partial charge in [-0.2, -0.15) is 22.3 Å². The molecule has 2 rings (SSSR count).